The fourth-order valence-corrected chi connectivity index (χ4v) is 5.54. The lowest BCUT2D eigenvalue weighted by Crippen LogP contribution is -2.60. The van der Waals surface area contributed by atoms with E-state index in [9.17, 15) is 36.7 Å². The number of halogens is 6. The number of hydrogen-bond donors (Lipinski definition) is 1. The van der Waals surface area contributed by atoms with Gasteiger partial charge in [-0.3, -0.25) is 0 Å². The first-order valence-corrected chi connectivity index (χ1v) is 13.4. The second-order valence-corrected chi connectivity index (χ2v) is 11.8. The third kappa shape index (κ3) is 7.95. The van der Waals surface area contributed by atoms with E-state index in [4.69, 9.17) is 0 Å². The van der Waals surface area contributed by atoms with Crippen molar-refractivity contribution in [1.82, 2.24) is 0 Å². The molecule has 228 valence electrons. The van der Waals surface area contributed by atoms with E-state index in [1.807, 2.05) is 46.8 Å². The minimum absolute atomic E-state index is 0.107. The number of aromatic hydroxyl groups is 1. The Balaban J connectivity index is 2.37. The van der Waals surface area contributed by atoms with E-state index in [0.29, 0.717) is 24.8 Å². The fraction of sp³-hybridized carbons (Fsp3) is 0.581. The Hall–Kier alpha value is -2.77. The number of rotatable bonds is 13. The van der Waals surface area contributed by atoms with Crippen LogP contribution in [0, 0.1) is 16.7 Å². The van der Waals surface area contributed by atoms with Gasteiger partial charge in [-0.1, -0.05) is 64.1 Å². The Morgan fingerprint density at radius 3 is 1.73 bits per heavy atom. The van der Waals surface area contributed by atoms with Gasteiger partial charge < -0.3 is 14.6 Å². The highest BCUT2D eigenvalue weighted by molar-refractivity contribution is 5.33. The molecule has 1 N–H and O–H groups in total. The molecule has 2 unspecified atom stereocenters. The van der Waals surface area contributed by atoms with Gasteiger partial charge in [0.1, 0.15) is 12.5 Å². The topological polar surface area (TPSA) is 62.5 Å². The van der Waals surface area contributed by atoms with Crippen molar-refractivity contribution in [1.29, 1.82) is 5.26 Å². The highest BCUT2D eigenvalue weighted by Crippen LogP contribution is 2.49. The molecule has 0 saturated carbocycles. The van der Waals surface area contributed by atoms with Gasteiger partial charge in [0.25, 0.3) is 5.60 Å². The first-order chi connectivity index (χ1) is 18.8. The molecule has 10 heteroatoms. The maximum absolute atomic E-state index is 13.9. The number of nitriles is 1. The van der Waals surface area contributed by atoms with Crippen LogP contribution in [0.4, 0.5) is 26.3 Å². The lowest BCUT2D eigenvalue weighted by molar-refractivity contribution is -0.392. The molecule has 0 amide bonds. The Morgan fingerprint density at radius 2 is 1.29 bits per heavy atom. The number of phenols is 1. The van der Waals surface area contributed by atoms with E-state index in [1.54, 1.807) is 12.1 Å². The summed E-state index contributed by atoms with van der Waals surface area (Å²) in [6, 6.07) is 14.8. The van der Waals surface area contributed by atoms with Gasteiger partial charge in [-0.25, -0.2) is 0 Å². The third-order valence-electron chi connectivity index (χ3n) is 7.92. The molecule has 0 aliphatic rings. The monoisotopic (exact) mass is 587 g/mol. The molecule has 0 aliphatic carbocycles. The smallest absolute Gasteiger partial charge is 0.426 e. The van der Waals surface area contributed by atoms with E-state index >= 15 is 0 Å². The molecule has 0 radical (unpaired) electrons. The van der Waals surface area contributed by atoms with Crippen molar-refractivity contribution in [2.75, 3.05) is 13.4 Å². The quantitative estimate of drug-likeness (QED) is 0.145. The minimum atomic E-state index is -5.74. The number of nitrogens with zero attached hydrogens (tertiary/aromatic N) is 1. The predicted octanol–water partition coefficient (Wildman–Crippen LogP) is 8.76. The highest BCUT2D eigenvalue weighted by atomic mass is 19.4. The zero-order chi connectivity index (χ0) is 31.3. The summed E-state index contributed by atoms with van der Waals surface area (Å²) >= 11 is 0. The molecule has 4 nitrogen and oxygen atoms in total. The molecule has 0 bridgehead atoms. The molecular formula is C31H39F6NO3. The third-order valence-corrected chi connectivity index (χ3v) is 7.92. The Labute approximate surface area is 238 Å². The van der Waals surface area contributed by atoms with Gasteiger partial charge in [0.15, 0.2) is 0 Å². The van der Waals surface area contributed by atoms with Gasteiger partial charge in [0.05, 0.1) is 11.5 Å². The van der Waals surface area contributed by atoms with Crippen LogP contribution in [-0.2, 0) is 26.7 Å². The zero-order valence-corrected chi connectivity index (χ0v) is 24.3. The summed E-state index contributed by atoms with van der Waals surface area (Å²) in [7, 11) is 0. The minimum Gasteiger partial charge on any atom is -0.508 e. The summed E-state index contributed by atoms with van der Waals surface area (Å²) in [5.74, 6) is 0.137. The standard InChI is InChI=1S/C31H39F6NO3/c1-7-28(6,19-27(5,20-38)18-26(3,4)23-13-15-25(39)16-14-23)24-11-9-22(10-12-24)17-29(30(32,33)34,31(35,36)37)41-21-40-8-2/h9-16,39H,7-8,17-19,21H2,1-6H3. The molecule has 0 saturated heterocycles. The van der Waals surface area contributed by atoms with Crippen LogP contribution in [-0.4, -0.2) is 36.5 Å². The van der Waals surface area contributed by atoms with E-state index < -0.39 is 47.4 Å². The molecule has 0 fully saturated rings. The molecule has 0 aliphatic heterocycles. The summed E-state index contributed by atoms with van der Waals surface area (Å²) in [5, 5.41) is 19.9. The highest BCUT2D eigenvalue weighted by Gasteiger charge is 2.72. The van der Waals surface area contributed by atoms with Gasteiger partial charge >= 0.3 is 12.4 Å². The first kappa shape index (κ1) is 34.4. The molecule has 0 aromatic heterocycles. The molecule has 2 atom stereocenters. The van der Waals surface area contributed by atoms with Gasteiger partial charge in [-0.15, -0.1) is 0 Å². The van der Waals surface area contributed by atoms with Crippen LogP contribution in [0.5, 0.6) is 5.75 Å². The summed E-state index contributed by atoms with van der Waals surface area (Å²) in [6.07, 6.45) is -11.5. The SMILES string of the molecule is CCOCOC(Cc1ccc(C(C)(CC)CC(C)(C#N)CC(C)(C)c2ccc(O)cc2)cc1)(C(F)(F)F)C(F)(F)F. The Kier molecular flexibility index (Phi) is 10.6. The molecule has 0 spiro atoms. The summed E-state index contributed by atoms with van der Waals surface area (Å²) in [4.78, 5) is 0. The first-order valence-electron chi connectivity index (χ1n) is 13.4. The summed E-state index contributed by atoms with van der Waals surface area (Å²) in [6.45, 7) is 9.90. The fourth-order valence-electron chi connectivity index (χ4n) is 5.54. The second kappa shape index (κ2) is 12.6. The lowest BCUT2D eigenvalue weighted by Gasteiger charge is -2.40. The van der Waals surface area contributed by atoms with Crippen molar-refractivity contribution in [2.24, 2.45) is 5.41 Å². The lowest BCUT2D eigenvalue weighted by atomic mass is 9.62. The maximum atomic E-state index is 13.9. The average Bonchev–Trinajstić information content (AvgIpc) is 2.87. The van der Waals surface area contributed by atoms with Crippen molar-refractivity contribution in [2.45, 2.75) is 96.0 Å². The Bertz CT molecular complexity index is 1150. The van der Waals surface area contributed by atoms with Crippen LogP contribution in [0.15, 0.2) is 48.5 Å². The van der Waals surface area contributed by atoms with Crippen LogP contribution < -0.4 is 0 Å². The molecule has 2 aromatic carbocycles. The maximum Gasteiger partial charge on any atom is 0.426 e. The van der Waals surface area contributed by atoms with Crippen molar-refractivity contribution in [3.63, 3.8) is 0 Å². The number of alkyl halides is 6. The van der Waals surface area contributed by atoms with Gasteiger partial charge in [0.2, 0.25) is 0 Å². The second-order valence-electron chi connectivity index (χ2n) is 11.8. The largest absolute Gasteiger partial charge is 0.508 e. The van der Waals surface area contributed by atoms with Crippen LogP contribution in [0.2, 0.25) is 0 Å². The average molecular weight is 588 g/mol. The summed E-state index contributed by atoms with van der Waals surface area (Å²) in [5.41, 5.74) is -4.81. The number of hydrogen-bond acceptors (Lipinski definition) is 4. The van der Waals surface area contributed by atoms with Crippen molar-refractivity contribution in [3.8, 4) is 11.8 Å². The number of ether oxygens (including phenoxy) is 2. The van der Waals surface area contributed by atoms with Crippen LogP contribution >= 0.6 is 0 Å². The van der Waals surface area contributed by atoms with E-state index in [2.05, 4.69) is 15.5 Å². The normalized spacial score (nSPS) is 16.1. The van der Waals surface area contributed by atoms with Crippen LogP contribution in [0.1, 0.15) is 77.5 Å². The molecular weight excluding hydrogens is 548 g/mol. The van der Waals surface area contributed by atoms with Gasteiger partial charge in [-0.05, 0) is 72.8 Å². The van der Waals surface area contributed by atoms with E-state index in [-0.39, 0.29) is 17.9 Å². The molecule has 41 heavy (non-hydrogen) atoms. The van der Waals surface area contributed by atoms with Crippen molar-refractivity contribution in [3.05, 3.63) is 65.2 Å². The van der Waals surface area contributed by atoms with E-state index in [0.717, 1.165) is 5.56 Å². The summed E-state index contributed by atoms with van der Waals surface area (Å²) < 4.78 is 92.2. The number of benzene rings is 2. The van der Waals surface area contributed by atoms with Crippen LogP contribution in [0.25, 0.3) is 0 Å². The molecule has 2 aromatic rings. The van der Waals surface area contributed by atoms with Crippen molar-refractivity contribution >= 4 is 0 Å². The van der Waals surface area contributed by atoms with E-state index in [1.165, 1.54) is 31.2 Å². The zero-order valence-electron chi connectivity index (χ0n) is 24.3. The number of phenolic OH excluding ortho intramolecular Hbond substituents is 1. The molecule has 2 rings (SSSR count). The van der Waals surface area contributed by atoms with Crippen molar-refractivity contribution < 1.29 is 40.9 Å². The van der Waals surface area contributed by atoms with Crippen LogP contribution in [0.3, 0.4) is 0 Å². The molecule has 0 heterocycles. The van der Waals surface area contributed by atoms with Gasteiger partial charge in [-0.2, -0.15) is 31.6 Å². The Morgan fingerprint density at radius 1 is 0.780 bits per heavy atom. The van der Waals surface area contributed by atoms with Gasteiger partial charge in [0, 0.05) is 13.0 Å². The predicted molar refractivity (Wildman–Crippen MR) is 144 cm³/mol.